The van der Waals surface area contributed by atoms with Crippen LogP contribution in [0.3, 0.4) is 0 Å². The summed E-state index contributed by atoms with van der Waals surface area (Å²) in [6, 6.07) is 4.30. The first-order chi connectivity index (χ1) is 6.27. The van der Waals surface area contributed by atoms with Gasteiger partial charge in [-0.25, -0.2) is 0 Å². The van der Waals surface area contributed by atoms with Crippen molar-refractivity contribution in [2.45, 2.75) is 13.0 Å². The number of thiophene rings is 2. The molecule has 0 saturated heterocycles. The van der Waals surface area contributed by atoms with Gasteiger partial charge in [-0.1, -0.05) is 0 Å². The van der Waals surface area contributed by atoms with Crippen molar-refractivity contribution in [2.24, 2.45) is 5.73 Å². The van der Waals surface area contributed by atoms with E-state index >= 15 is 0 Å². The largest absolute Gasteiger partial charge is 0.320 e. The number of nitrogens with two attached hydrogens (primary N) is 1. The summed E-state index contributed by atoms with van der Waals surface area (Å²) in [5, 5.41) is 6.31. The third-order valence-electron chi connectivity index (χ3n) is 2.01. The molecule has 1 atom stereocenters. The summed E-state index contributed by atoms with van der Waals surface area (Å²) in [6.45, 7) is 2.11. The van der Waals surface area contributed by atoms with E-state index in [-0.39, 0.29) is 6.04 Å². The van der Waals surface area contributed by atoms with E-state index in [1.165, 1.54) is 16.0 Å². The summed E-state index contributed by atoms with van der Waals surface area (Å²) in [5.74, 6) is 0. The highest BCUT2D eigenvalue weighted by Crippen LogP contribution is 2.25. The van der Waals surface area contributed by atoms with Crippen LogP contribution >= 0.6 is 22.7 Å². The lowest BCUT2D eigenvalue weighted by molar-refractivity contribution is 0.882. The fourth-order valence-electron chi connectivity index (χ4n) is 1.27. The molecule has 0 aliphatic rings. The van der Waals surface area contributed by atoms with Gasteiger partial charge in [-0.15, -0.1) is 11.3 Å². The molecule has 2 N–H and O–H groups in total. The third-order valence-corrected chi connectivity index (χ3v) is 3.59. The zero-order valence-corrected chi connectivity index (χ0v) is 8.99. The molecule has 2 aromatic heterocycles. The van der Waals surface area contributed by atoms with Gasteiger partial charge in [-0.2, -0.15) is 11.3 Å². The van der Waals surface area contributed by atoms with Gasteiger partial charge in [0.15, 0.2) is 0 Å². The maximum Gasteiger partial charge on any atom is 0.0568 e. The summed E-state index contributed by atoms with van der Waals surface area (Å²) in [7, 11) is 0. The van der Waals surface area contributed by atoms with Crippen molar-refractivity contribution in [2.75, 3.05) is 0 Å². The van der Waals surface area contributed by atoms with Crippen LogP contribution in [-0.2, 0) is 0 Å². The molecule has 0 aliphatic carbocycles. The molecule has 0 bridgehead atoms. The van der Waals surface area contributed by atoms with Gasteiger partial charge in [0.05, 0.1) is 6.04 Å². The summed E-state index contributed by atoms with van der Waals surface area (Å²) >= 11 is 3.45. The lowest BCUT2D eigenvalue weighted by Crippen LogP contribution is -2.09. The molecule has 0 fully saturated rings. The van der Waals surface area contributed by atoms with Crippen molar-refractivity contribution in [3.63, 3.8) is 0 Å². The quantitative estimate of drug-likeness (QED) is 0.807. The first-order valence-electron chi connectivity index (χ1n) is 4.10. The highest BCUT2D eigenvalue weighted by Gasteiger charge is 2.09. The maximum atomic E-state index is 6.09. The van der Waals surface area contributed by atoms with Gasteiger partial charge < -0.3 is 5.73 Å². The lowest BCUT2D eigenvalue weighted by Gasteiger charge is -2.06. The number of hydrogen-bond donors (Lipinski definition) is 1. The smallest absolute Gasteiger partial charge is 0.0568 e. The van der Waals surface area contributed by atoms with E-state index in [4.69, 9.17) is 5.73 Å². The van der Waals surface area contributed by atoms with Crippen LogP contribution in [0.15, 0.2) is 28.3 Å². The molecule has 0 aromatic carbocycles. The predicted molar refractivity (Wildman–Crippen MR) is 59.4 cm³/mol. The van der Waals surface area contributed by atoms with E-state index in [0.29, 0.717) is 0 Å². The molecule has 2 aromatic rings. The van der Waals surface area contributed by atoms with E-state index in [0.717, 1.165) is 0 Å². The van der Waals surface area contributed by atoms with E-state index in [1.807, 2.05) is 0 Å². The maximum absolute atomic E-state index is 6.09. The highest BCUT2D eigenvalue weighted by atomic mass is 32.1. The molecular weight excluding hydrogens is 198 g/mol. The van der Waals surface area contributed by atoms with Gasteiger partial charge in [0.2, 0.25) is 0 Å². The normalized spacial score (nSPS) is 13.1. The Kier molecular flexibility index (Phi) is 2.49. The molecule has 2 heterocycles. The van der Waals surface area contributed by atoms with E-state index in [2.05, 4.69) is 35.2 Å². The van der Waals surface area contributed by atoms with Crippen LogP contribution < -0.4 is 5.73 Å². The first-order valence-corrected chi connectivity index (χ1v) is 5.92. The van der Waals surface area contributed by atoms with E-state index in [1.54, 1.807) is 22.7 Å². The van der Waals surface area contributed by atoms with Crippen LogP contribution in [0.25, 0.3) is 0 Å². The SMILES string of the molecule is Cc1cc(C(N)c2ccsc2)cs1. The Bertz CT molecular complexity index is 375. The summed E-state index contributed by atoms with van der Waals surface area (Å²) < 4.78 is 0. The zero-order chi connectivity index (χ0) is 9.26. The molecule has 0 saturated carbocycles. The summed E-state index contributed by atoms with van der Waals surface area (Å²) in [5.41, 5.74) is 8.52. The Morgan fingerprint density at radius 3 is 2.69 bits per heavy atom. The van der Waals surface area contributed by atoms with Crippen LogP contribution in [-0.4, -0.2) is 0 Å². The first kappa shape index (κ1) is 8.94. The van der Waals surface area contributed by atoms with Gasteiger partial charge in [0.25, 0.3) is 0 Å². The van der Waals surface area contributed by atoms with Gasteiger partial charge in [0, 0.05) is 4.88 Å². The van der Waals surface area contributed by atoms with Crippen LogP contribution in [0.1, 0.15) is 22.0 Å². The monoisotopic (exact) mass is 209 g/mol. The Morgan fingerprint density at radius 1 is 1.31 bits per heavy atom. The number of aryl methyl sites for hydroxylation is 1. The number of hydrogen-bond acceptors (Lipinski definition) is 3. The molecule has 2 rings (SSSR count). The molecule has 1 unspecified atom stereocenters. The molecule has 13 heavy (non-hydrogen) atoms. The molecule has 1 nitrogen and oxygen atoms in total. The minimum atomic E-state index is 0.0520. The van der Waals surface area contributed by atoms with Crippen molar-refractivity contribution in [1.29, 1.82) is 0 Å². The second-order valence-electron chi connectivity index (χ2n) is 3.03. The molecule has 3 heteroatoms. The zero-order valence-electron chi connectivity index (χ0n) is 7.36. The van der Waals surface area contributed by atoms with Crippen molar-refractivity contribution in [1.82, 2.24) is 0 Å². The molecular formula is C10H11NS2. The van der Waals surface area contributed by atoms with Crippen molar-refractivity contribution in [3.8, 4) is 0 Å². The fraction of sp³-hybridized carbons (Fsp3) is 0.200. The second kappa shape index (κ2) is 3.62. The average molecular weight is 209 g/mol. The average Bonchev–Trinajstić information content (AvgIpc) is 2.72. The van der Waals surface area contributed by atoms with Crippen molar-refractivity contribution < 1.29 is 0 Å². The van der Waals surface area contributed by atoms with Gasteiger partial charge >= 0.3 is 0 Å². The van der Waals surface area contributed by atoms with Crippen molar-refractivity contribution in [3.05, 3.63) is 44.3 Å². The Hall–Kier alpha value is -0.640. The van der Waals surface area contributed by atoms with Crippen molar-refractivity contribution >= 4 is 22.7 Å². The third kappa shape index (κ3) is 1.82. The Morgan fingerprint density at radius 2 is 2.15 bits per heavy atom. The molecule has 0 spiro atoms. The van der Waals surface area contributed by atoms with Crippen LogP contribution in [0.2, 0.25) is 0 Å². The molecule has 0 radical (unpaired) electrons. The minimum absolute atomic E-state index is 0.0520. The second-order valence-corrected chi connectivity index (χ2v) is 4.92. The van der Waals surface area contributed by atoms with E-state index in [9.17, 15) is 0 Å². The van der Waals surface area contributed by atoms with Gasteiger partial charge in [0.1, 0.15) is 0 Å². The van der Waals surface area contributed by atoms with E-state index < -0.39 is 0 Å². The Balaban J connectivity index is 2.28. The Labute approximate surface area is 85.8 Å². The van der Waals surface area contributed by atoms with Gasteiger partial charge in [-0.05, 0) is 46.3 Å². The number of rotatable bonds is 2. The summed E-state index contributed by atoms with van der Waals surface area (Å²) in [4.78, 5) is 1.32. The lowest BCUT2D eigenvalue weighted by atomic mass is 10.1. The molecule has 0 amide bonds. The fourth-order valence-corrected chi connectivity index (χ4v) is 2.71. The minimum Gasteiger partial charge on any atom is -0.320 e. The van der Waals surface area contributed by atoms with Crippen LogP contribution in [0.4, 0.5) is 0 Å². The van der Waals surface area contributed by atoms with Crippen LogP contribution in [0.5, 0.6) is 0 Å². The predicted octanol–water partition coefficient (Wildman–Crippen LogP) is 3.17. The standard InChI is InChI=1S/C10H11NS2/c1-7-4-9(6-13-7)10(11)8-2-3-12-5-8/h2-6,10H,11H2,1H3. The molecule has 0 aliphatic heterocycles. The topological polar surface area (TPSA) is 26.0 Å². The highest BCUT2D eigenvalue weighted by molar-refractivity contribution is 7.10. The van der Waals surface area contributed by atoms with Crippen LogP contribution in [0, 0.1) is 6.92 Å². The summed E-state index contributed by atoms with van der Waals surface area (Å²) in [6.07, 6.45) is 0. The molecule has 68 valence electrons. The van der Waals surface area contributed by atoms with Gasteiger partial charge in [-0.3, -0.25) is 0 Å².